The monoisotopic (exact) mass is 336 g/mol. The molecule has 2 nitrogen and oxygen atoms in total. The highest BCUT2D eigenvalue weighted by atomic mass is 79.9. The van der Waals surface area contributed by atoms with E-state index in [9.17, 15) is 0 Å². The summed E-state index contributed by atoms with van der Waals surface area (Å²) in [6, 6.07) is 12.7. The van der Waals surface area contributed by atoms with Crippen molar-refractivity contribution in [2.24, 2.45) is 0 Å². The second-order valence-electron chi connectivity index (χ2n) is 4.93. The molecule has 1 aromatic heterocycles. The minimum Gasteiger partial charge on any atom is -0.381 e. The molecule has 0 atom stereocenters. The largest absolute Gasteiger partial charge is 0.381 e. The van der Waals surface area contributed by atoms with Crippen LogP contribution in [0.5, 0.6) is 0 Å². The average molecular weight is 338 g/mol. The summed E-state index contributed by atoms with van der Waals surface area (Å²) >= 11 is 9.36. The first-order valence-corrected chi connectivity index (χ1v) is 7.51. The van der Waals surface area contributed by atoms with Crippen molar-refractivity contribution in [2.75, 3.05) is 5.32 Å². The van der Waals surface area contributed by atoms with E-state index in [0.717, 1.165) is 28.2 Å². The average Bonchev–Trinajstić information content (AvgIpc) is 2.35. The first-order valence-electron chi connectivity index (χ1n) is 6.34. The second-order valence-corrected chi connectivity index (χ2v) is 6.18. The standard InChI is InChI=1S/C15H14BrClN2/c16-15-5-4-13(9-18-15)19-14-7-11(8-14)10-2-1-3-12(17)6-10/h1-6,9,11,14,19H,7-8H2. The van der Waals surface area contributed by atoms with Gasteiger partial charge < -0.3 is 5.32 Å². The molecule has 4 heteroatoms. The van der Waals surface area contributed by atoms with Gasteiger partial charge in [0.1, 0.15) is 4.60 Å². The SMILES string of the molecule is Clc1cccc(C2CC(Nc3ccc(Br)nc3)C2)c1. The Labute approximate surface area is 126 Å². The lowest BCUT2D eigenvalue weighted by Gasteiger charge is -2.36. The van der Waals surface area contributed by atoms with E-state index in [2.05, 4.69) is 38.4 Å². The van der Waals surface area contributed by atoms with Crippen LogP contribution in [0.4, 0.5) is 5.69 Å². The number of nitrogens with zero attached hydrogens (tertiary/aromatic N) is 1. The van der Waals surface area contributed by atoms with Crippen molar-refractivity contribution in [3.05, 3.63) is 57.8 Å². The Balaban J connectivity index is 1.57. The summed E-state index contributed by atoms with van der Waals surface area (Å²) in [5.41, 5.74) is 2.43. The molecule has 1 fully saturated rings. The molecule has 19 heavy (non-hydrogen) atoms. The zero-order valence-electron chi connectivity index (χ0n) is 10.3. The number of hydrogen-bond acceptors (Lipinski definition) is 2. The van der Waals surface area contributed by atoms with Crippen LogP contribution in [0.25, 0.3) is 0 Å². The maximum atomic E-state index is 6.02. The lowest BCUT2D eigenvalue weighted by molar-refractivity contribution is 0.374. The van der Waals surface area contributed by atoms with E-state index >= 15 is 0 Å². The maximum absolute atomic E-state index is 6.02. The molecule has 3 rings (SSSR count). The summed E-state index contributed by atoms with van der Waals surface area (Å²) < 4.78 is 0.864. The normalized spacial score (nSPS) is 21.8. The summed E-state index contributed by atoms with van der Waals surface area (Å²) in [5, 5.41) is 4.33. The molecule has 1 saturated carbocycles. The van der Waals surface area contributed by atoms with Gasteiger partial charge in [0, 0.05) is 11.1 Å². The first kappa shape index (κ1) is 12.9. The third-order valence-corrected chi connectivity index (χ3v) is 4.26. The number of pyridine rings is 1. The van der Waals surface area contributed by atoms with Gasteiger partial charge in [0.2, 0.25) is 0 Å². The zero-order valence-corrected chi connectivity index (χ0v) is 12.7. The highest BCUT2D eigenvalue weighted by Gasteiger charge is 2.30. The number of nitrogens with one attached hydrogen (secondary N) is 1. The second kappa shape index (κ2) is 5.51. The number of anilines is 1. The van der Waals surface area contributed by atoms with Crippen molar-refractivity contribution < 1.29 is 0 Å². The van der Waals surface area contributed by atoms with Gasteiger partial charge in [-0.25, -0.2) is 4.98 Å². The van der Waals surface area contributed by atoms with Gasteiger partial charge in [-0.15, -0.1) is 0 Å². The minimum atomic E-state index is 0.534. The minimum absolute atomic E-state index is 0.534. The molecule has 0 bridgehead atoms. The smallest absolute Gasteiger partial charge is 0.106 e. The molecule has 0 unspecified atom stereocenters. The molecule has 0 amide bonds. The molecule has 98 valence electrons. The van der Waals surface area contributed by atoms with E-state index in [1.165, 1.54) is 5.56 Å². The van der Waals surface area contributed by atoms with Crippen LogP contribution < -0.4 is 5.32 Å². The molecule has 0 saturated heterocycles. The van der Waals surface area contributed by atoms with Crippen LogP contribution in [0.3, 0.4) is 0 Å². The van der Waals surface area contributed by atoms with Gasteiger partial charge in [-0.1, -0.05) is 23.7 Å². The Morgan fingerprint density at radius 1 is 1.21 bits per heavy atom. The highest BCUT2D eigenvalue weighted by molar-refractivity contribution is 9.10. The number of hydrogen-bond donors (Lipinski definition) is 1. The van der Waals surface area contributed by atoms with Crippen molar-refractivity contribution >= 4 is 33.2 Å². The molecule has 1 heterocycles. The Kier molecular flexibility index (Phi) is 3.76. The summed E-state index contributed by atoms with van der Waals surface area (Å²) in [5.74, 6) is 0.625. The Bertz CT molecular complexity index is 565. The van der Waals surface area contributed by atoms with E-state index in [1.807, 2.05) is 30.5 Å². The van der Waals surface area contributed by atoms with Gasteiger partial charge in [-0.05, 0) is 64.5 Å². The molecule has 0 spiro atoms. The molecule has 0 aliphatic heterocycles. The molecular formula is C15H14BrClN2. The lowest BCUT2D eigenvalue weighted by atomic mass is 9.76. The molecular weight excluding hydrogens is 324 g/mol. The van der Waals surface area contributed by atoms with E-state index in [1.54, 1.807) is 0 Å². The van der Waals surface area contributed by atoms with Crippen LogP contribution in [0.1, 0.15) is 24.3 Å². The highest BCUT2D eigenvalue weighted by Crippen LogP contribution is 2.39. The predicted octanol–water partition coefficient (Wildman–Crippen LogP) is 4.86. The number of benzene rings is 1. The third kappa shape index (κ3) is 3.10. The van der Waals surface area contributed by atoms with Gasteiger partial charge in [0.15, 0.2) is 0 Å². The summed E-state index contributed by atoms with van der Waals surface area (Å²) in [6.07, 6.45) is 4.16. The third-order valence-electron chi connectivity index (χ3n) is 3.56. The summed E-state index contributed by atoms with van der Waals surface area (Å²) in [7, 11) is 0. The van der Waals surface area contributed by atoms with E-state index in [4.69, 9.17) is 11.6 Å². The van der Waals surface area contributed by atoms with E-state index in [-0.39, 0.29) is 0 Å². The van der Waals surface area contributed by atoms with Crippen LogP contribution in [0, 0.1) is 0 Å². The molecule has 1 aliphatic carbocycles. The van der Waals surface area contributed by atoms with Crippen LogP contribution in [-0.4, -0.2) is 11.0 Å². The molecule has 2 aromatic rings. The molecule has 1 N–H and O–H groups in total. The van der Waals surface area contributed by atoms with E-state index < -0.39 is 0 Å². The fourth-order valence-corrected chi connectivity index (χ4v) is 2.90. The van der Waals surface area contributed by atoms with Crippen LogP contribution in [0.15, 0.2) is 47.2 Å². The van der Waals surface area contributed by atoms with E-state index in [0.29, 0.717) is 12.0 Å². The first-order chi connectivity index (χ1) is 9.20. The van der Waals surface area contributed by atoms with Gasteiger partial charge >= 0.3 is 0 Å². The van der Waals surface area contributed by atoms with Crippen LogP contribution in [0.2, 0.25) is 5.02 Å². The Hall–Kier alpha value is -1.06. The summed E-state index contributed by atoms with van der Waals surface area (Å²) in [6.45, 7) is 0. The zero-order chi connectivity index (χ0) is 13.2. The Morgan fingerprint density at radius 2 is 2.05 bits per heavy atom. The Morgan fingerprint density at radius 3 is 2.74 bits per heavy atom. The molecule has 1 aliphatic rings. The van der Waals surface area contributed by atoms with Crippen LogP contribution in [-0.2, 0) is 0 Å². The van der Waals surface area contributed by atoms with Crippen molar-refractivity contribution in [1.29, 1.82) is 0 Å². The van der Waals surface area contributed by atoms with Crippen molar-refractivity contribution in [2.45, 2.75) is 24.8 Å². The van der Waals surface area contributed by atoms with Gasteiger partial charge in [-0.3, -0.25) is 0 Å². The molecule has 1 aromatic carbocycles. The van der Waals surface area contributed by atoms with Crippen molar-refractivity contribution in [1.82, 2.24) is 4.98 Å². The number of halogens is 2. The predicted molar refractivity (Wildman–Crippen MR) is 82.8 cm³/mol. The number of aromatic nitrogens is 1. The topological polar surface area (TPSA) is 24.9 Å². The molecule has 0 radical (unpaired) electrons. The number of rotatable bonds is 3. The van der Waals surface area contributed by atoms with Gasteiger partial charge in [-0.2, -0.15) is 0 Å². The summed E-state index contributed by atoms with van der Waals surface area (Å²) in [4.78, 5) is 4.22. The quantitative estimate of drug-likeness (QED) is 0.809. The van der Waals surface area contributed by atoms with Gasteiger partial charge in [0.05, 0.1) is 11.9 Å². The maximum Gasteiger partial charge on any atom is 0.106 e. The van der Waals surface area contributed by atoms with Crippen LogP contribution >= 0.6 is 27.5 Å². The fraction of sp³-hybridized carbons (Fsp3) is 0.267. The van der Waals surface area contributed by atoms with Crippen molar-refractivity contribution in [3.63, 3.8) is 0 Å². The van der Waals surface area contributed by atoms with Gasteiger partial charge in [0.25, 0.3) is 0 Å². The van der Waals surface area contributed by atoms with Crippen molar-refractivity contribution in [3.8, 4) is 0 Å². The lowest BCUT2D eigenvalue weighted by Crippen LogP contribution is -2.34. The fourth-order valence-electron chi connectivity index (χ4n) is 2.47.